The minimum absolute atomic E-state index is 0.0330. The van der Waals surface area contributed by atoms with Gasteiger partial charge in [0.1, 0.15) is 0 Å². The largest absolute Gasteiger partial charge is 0.395 e. The van der Waals surface area contributed by atoms with Crippen molar-refractivity contribution in [2.24, 2.45) is 0 Å². The Morgan fingerprint density at radius 3 is 2.12 bits per heavy atom. The highest BCUT2D eigenvalue weighted by Crippen LogP contribution is 2.07. The van der Waals surface area contributed by atoms with Crippen molar-refractivity contribution in [3.05, 3.63) is 0 Å². The molecule has 4 heteroatoms. The van der Waals surface area contributed by atoms with Gasteiger partial charge < -0.3 is 9.84 Å². The third kappa shape index (κ3) is 6.99. The summed E-state index contributed by atoms with van der Waals surface area (Å²) in [4.78, 5) is 4.80. The molecular formula is C13H28N2O2. The van der Waals surface area contributed by atoms with Gasteiger partial charge in [-0.3, -0.25) is 9.80 Å². The summed E-state index contributed by atoms with van der Waals surface area (Å²) < 4.78 is 5.75. The van der Waals surface area contributed by atoms with Crippen LogP contribution in [0.5, 0.6) is 0 Å². The Morgan fingerprint density at radius 2 is 1.59 bits per heavy atom. The van der Waals surface area contributed by atoms with Gasteiger partial charge in [-0.25, -0.2) is 0 Å². The van der Waals surface area contributed by atoms with Crippen LogP contribution in [0.3, 0.4) is 0 Å². The zero-order chi connectivity index (χ0) is 12.7. The van der Waals surface area contributed by atoms with E-state index in [0.717, 1.165) is 45.9 Å². The Bertz CT molecular complexity index is 204. The summed E-state index contributed by atoms with van der Waals surface area (Å²) in [6, 6.07) is 0. The minimum atomic E-state index is -0.0330. The van der Waals surface area contributed by atoms with Gasteiger partial charge in [0.2, 0.25) is 0 Å². The van der Waals surface area contributed by atoms with Crippen molar-refractivity contribution >= 4 is 0 Å². The number of aliphatic hydroxyl groups excluding tert-OH is 1. The molecule has 1 aliphatic rings. The highest BCUT2D eigenvalue weighted by Gasteiger charge is 2.15. The van der Waals surface area contributed by atoms with E-state index in [2.05, 4.69) is 30.6 Å². The molecule has 0 bridgehead atoms. The van der Waals surface area contributed by atoms with E-state index in [0.29, 0.717) is 0 Å². The molecule has 1 saturated heterocycles. The van der Waals surface area contributed by atoms with Crippen LogP contribution in [0.4, 0.5) is 0 Å². The lowest BCUT2D eigenvalue weighted by molar-refractivity contribution is -0.0127. The van der Waals surface area contributed by atoms with E-state index in [1.54, 1.807) is 0 Å². The lowest BCUT2D eigenvalue weighted by Gasteiger charge is -2.24. The molecule has 0 unspecified atom stereocenters. The fourth-order valence-electron chi connectivity index (χ4n) is 2.09. The Morgan fingerprint density at radius 1 is 1.00 bits per heavy atom. The number of β-amino-alcohol motifs (C(OH)–C–C–N with tert-alkyl or cyclic N) is 1. The van der Waals surface area contributed by atoms with Crippen LogP contribution in [-0.4, -0.2) is 73.0 Å². The van der Waals surface area contributed by atoms with Crippen LogP contribution in [0.2, 0.25) is 0 Å². The van der Waals surface area contributed by atoms with Gasteiger partial charge in [-0.05, 0) is 40.3 Å². The molecule has 0 aromatic carbocycles. The van der Waals surface area contributed by atoms with Crippen LogP contribution in [0.25, 0.3) is 0 Å². The van der Waals surface area contributed by atoms with E-state index in [1.807, 2.05) is 0 Å². The van der Waals surface area contributed by atoms with Crippen molar-refractivity contribution in [2.45, 2.75) is 32.8 Å². The lowest BCUT2D eigenvalue weighted by atomic mass is 10.2. The van der Waals surface area contributed by atoms with Gasteiger partial charge >= 0.3 is 0 Å². The number of ether oxygens (including phenoxy) is 1. The predicted octanol–water partition coefficient (Wildman–Crippen LogP) is 0.802. The Balaban J connectivity index is 2.18. The molecule has 102 valence electrons. The SMILES string of the molecule is CC(C)(C)OCCN1CCCN(CCO)CC1. The van der Waals surface area contributed by atoms with Gasteiger partial charge in [0.15, 0.2) is 0 Å². The highest BCUT2D eigenvalue weighted by atomic mass is 16.5. The summed E-state index contributed by atoms with van der Waals surface area (Å²) in [6.45, 7) is 13.6. The van der Waals surface area contributed by atoms with Crippen LogP contribution < -0.4 is 0 Å². The number of rotatable bonds is 5. The van der Waals surface area contributed by atoms with Crippen LogP contribution in [0.15, 0.2) is 0 Å². The molecule has 1 heterocycles. The minimum Gasteiger partial charge on any atom is -0.395 e. The quantitative estimate of drug-likeness (QED) is 0.776. The first-order valence-electron chi connectivity index (χ1n) is 6.71. The average Bonchev–Trinajstić information content (AvgIpc) is 2.43. The van der Waals surface area contributed by atoms with Gasteiger partial charge in [0.05, 0.1) is 18.8 Å². The molecule has 0 saturated carbocycles. The molecule has 0 aromatic heterocycles. The Labute approximate surface area is 106 Å². The molecule has 0 aromatic rings. The van der Waals surface area contributed by atoms with Gasteiger partial charge in [-0.1, -0.05) is 0 Å². The first-order valence-corrected chi connectivity index (χ1v) is 6.71. The maximum Gasteiger partial charge on any atom is 0.0600 e. The smallest absolute Gasteiger partial charge is 0.0600 e. The van der Waals surface area contributed by atoms with Crippen molar-refractivity contribution < 1.29 is 9.84 Å². The first-order chi connectivity index (χ1) is 8.01. The normalized spacial score (nSPS) is 20.5. The zero-order valence-electron chi connectivity index (χ0n) is 11.6. The predicted molar refractivity (Wildman–Crippen MR) is 70.3 cm³/mol. The summed E-state index contributed by atoms with van der Waals surface area (Å²) in [5, 5.41) is 8.93. The van der Waals surface area contributed by atoms with Crippen molar-refractivity contribution in [2.75, 3.05) is 52.5 Å². The van der Waals surface area contributed by atoms with Crippen LogP contribution >= 0.6 is 0 Å². The van der Waals surface area contributed by atoms with E-state index < -0.39 is 0 Å². The summed E-state index contributed by atoms with van der Waals surface area (Å²) in [6.07, 6.45) is 1.19. The Kier molecular flexibility index (Phi) is 6.41. The summed E-state index contributed by atoms with van der Waals surface area (Å²) in [5.41, 5.74) is -0.0330. The average molecular weight is 244 g/mol. The third-order valence-electron chi connectivity index (χ3n) is 3.04. The first kappa shape index (κ1) is 14.9. The molecule has 0 radical (unpaired) electrons. The van der Waals surface area contributed by atoms with Crippen molar-refractivity contribution in [3.63, 3.8) is 0 Å². The number of hydrogen-bond donors (Lipinski definition) is 1. The second kappa shape index (κ2) is 7.31. The molecule has 4 nitrogen and oxygen atoms in total. The van der Waals surface area contributed by atoms with Gasteiger partial charge in [-0.15, -0.1) is 0 Å². The van der Waals surface area contributed by atoms with Crippen molar-refractivity contribution in [1.82, 2.24) is 9.80 Å². The highest BCUT2D eigenvalue weighted by molar-refractivity contribution is 4.70. The summed E-state index contributed by atoms with van der Waals surface area (Å²) in [7, 11) is 0. The van der Waals surface area contributed by atoms with Gasteiger partial charge in [0.25, 0.3) is 0 Å². The lowest BCUT2D eigenvalue weighted by Crippen LogP contribution is -2.35. The molecule has 0 atom stereocenters. The van der Waals surface area contributed by atoms with E-state index in [4.69, 9.17) is 9.84 Å². The topological polar surface area (TPSA) is 35.9 Å². The number of hydrogen-bond acceptors (Lipinski definition) is 4. The van der Waals surface area contributed by atoms with Crippen molar-refractivity contribution in [3.8, 4) is 0 Å². The molecule has 1 rings (SSSR count). The fourth-order valence-corrected chi connectivity index (χ4v) is 2.09. The number of aliphatic hydroxyl groups is 1. The van der Waals surface area contributed by atoms with Gasteiger partial charge in [0, 0.05) is 26.2 Å². The molecule has 1 aliphatic heterocycles. The number of nitrogens with zero attached hydrogens (tertiary/aromatic N) is 2. The molecule has 1 fully saturated rings. The molecule has 0 aliphatic carbocycles. The fraction of sp³-hybridized carbons (Fsp3) is 1.00. The standard InChI is InChI=1S/C13H28N2O2/c1-13(2,3)17-12-10-15-6-4-5-14(7-8-15)9-11-16/h16H,4-12H2,1-3H3. The summed E-state index contributed by atoms with van der Waals surface area (Å²) >= 11 is 0. The Hall–Kier alpha value is -0.160. The molecule has 0 amide bonds. The maximum absolute atomic E-state index is 8.93. The molecule has 17 heavy (non-hydrogen) atoms. The van der Waals surface area contributed by atoms with Crippen LogP contribution in [-0.2, 0) is 4.74 Å². The van der Waals surface area contributed by atoms with E-state index in [9.17, 15) is 0 Å². The van der Waals surface area contributed by atoms with Crippen LogP contribution in [0, 0.1) is 0 Å². The third-order valence-corrected chi connectivity index (χ3v) is 3.04. The zero-order valence-corrected chi connectivity index (χ0v) is 11.6. The maximum atomic E-state index is 8.93. The monoisotopic (exact) mass is 244 g/mol. The molecule has 1 N–H and O–H groups in total. The molecule has 0 spiro atoms. The van der Waals surface area contributed by atoms with Crippen LogP contribution in [0.1, 0.15) is 27.2 Å². The van der Waals surface area contributed by atoms with E-state index in [1.165, 1.54) is 6.42 Å². The molecular weight excluding hydrogens is 216 g/mol. The van der Waals surface area contributed by atoms with E-state index in [-0.39, 0.29) is 12.2 Å². The second-order valence-corrected chi connectivity index (χ2v) is 5.72. The summed E-state index contributed by atoms with van der Waals surface area (Å²) in [5.74, 6) is 0. The van der Waals surface area contributed by atoms with Crippen molar-refractivity contribution in [1.29, 1.82) is 0 Å². The van der Waals surface area contributed by atoms with E-state index >= 15 is 0 Å². The van der Waals surface area contributed by atoms with Gasteiger partial charge in [-0.2, -0.15) is 0 Å². The second-order valence-electron chi connectivity index (χ2n) is 5.72.